The Kier molecular flexibility index (Phi) is 3.76. The Bertz CT molecular complexity index is 651. The summed E-state index contributed by atoms with van der Waals surface area (Å²) < 4.78 is 5.74. The molecule has 7 heteroatoms. The van der Waals surface area contributed by atoms with Gasteiger partial charge in [-0.15, -0.1) is 11.8 Å². The number of aryl methyl sites for hydroxylation is 1. The number of aromatic nitrogens is 2. The quantitative estimate of drug-likeness (QED) is 0.734. The highest BCUT2D eigenvalue weighted by atomic mass is 35.5. The summed E-state index contributed by atoms with van der Waals surface area (Å²) in [6.45, 7) is 0. The van der Waals surface area contributed by atoms with Gasteiger partial charge in [0, 0.05) is 23.3 Å². The van der Waals surface area contributed by atoms with E-state index in [1.165, 1.54) is 0 Å². The van der Waals surface area contributed by atoms with Gasteiger partial charge < -0.3 is 4.74 Å². The molecular weight excluding hydrogens is 327 g/mol. The van der Waals surface area contributed by atoms with Crippen LogP contribution in [0.1, 0.15) is 5.69 Å². The molecule has 0 fully saturated rings. The fraction of sp³-hybridized carbons (Fsp3) is 0.167. The lowest BCUT2D eigenvalue weighted by Gasteiger charge is -2.10. The monoisotopic (exact) mass is 332 g/mol. The van der Waals surface area contributed by atoms with E-state index in [0.717, 1.165) is 22.8 Å². The van der Waals surface area contributed by atoms with E-state index in [1.807, 2.05) is 0 Å². The highest BCUT2D eigenvalue weighted by Gasteiger charge is 2.21. The van der Waals surface area contributed by atoms with Crippen molar-refractivity contribution in [3.05, 3.63) is 39.2 Å². The molecule has 1 aromatic heterocycles. The van der Waals surface area contributed by atoms with Gasteiger partial charge in [0.15, 0.2) is 0 Å². The molecule has 0 N–H and O–H groups in total. The van der Waals surface area contributed by atoms with Crippen molar-refractivity contribution in [3.63, 3.8) is 0 Å². The predicted octanol–water partition coefficient (Wildman–Crippen LogP) is 4.88. The van der Waals surface area contributed by atoms with Crippen molar-refractivity contribution < 1.29 is 4.74 Å². The molecule has 0 radical (unpaired) electrons. The van der Waals surface area contributed by atoms with Crippen molar-refractivity contribution in [2.24, 2.45) is 0 Å². The Balaban J connectivity index is 2.02. The topological polar surface area (TPSA) is 35.0 Å². The summed E-state index contributed by atoms with van der Waals surface area (Å²) in [5.41, 5.74) is 0.915. The van der Waals surface area contributed by atoms with Crippen molar-refractivity contribution in [2.45, 2.75) is 11.3 Å². The van der Waals surface area contributed by atoms with Crippen LogP contribution in [0.3, 0.4) is 0 Å². The molecule has 3 rings (SSSR count). The van der Waals surface area contributed by atoms with Gasteiger partial charge in [0.1, 0.15) is 5.75 Å². The molecule has 0 unspecified atom stereocenters. The maximum Gasteiger partial charge on any atom is 0.237 e. The molecule has 1 aliphatic rings. The number of ether oxygens (including phenoxy) is 1. The van der Waals surface area contributed by atoms with Crippen LogP contribution in [0.25, 0.3) is 0 Å². The summed E-state index contributed by atoms with van der Waals surface area (Å²) in [5, 5.41) is 1.19. The van der Waals surface area contributed by atoms with Crippen molar-refractivity contribution in [1.82, 2.24) is 9.97 Å². The maximum absolute atomic E-state index is 6.07. The van der Waals surface area contributed by atoms with Gasteiger partial charge in [-0.25, -0.2) is 4.98 Å². The average Bonchev–Trinajstić information content (AvgIpc) is 2.82. The number of benzene rings is 1. The molecule has 19 heavy (non-hydrogen) atoms. The number of thioether (sulfide) groups is 1. The van der Waals surface area contributed by atoms with E-state index in [-0.39, 0.29) is 5.28 Å². The number of halogens is 3. The van der Waals surface area contributed by atoms with Gasteiger partial charge in [-0.1, -0.05) is 23.2 Å². The minimum Gasteiger partial charge on any atom is -0.436 e. The summed E-state index contributed by atoms with van der Waals surface area (Å²) in [6, 6.07) is 5.02. The van der Waals surface area contributed by atoms with Crippen LogP contribution in [0.4, 0.5) is 0 Å². The zero-order valence-corrected chi connectivity index (χ0v) is 12.6. The molecule has 0 saturated heterocycles. The van der Waals surface area contributed by atoms with Crippen LogP contribution < -0.4 is 4.74 Å². The number of rotatable bonds is 2. The molecule has 0 bridgehead atoms. The van der Waals surface area contributed by atoms with Crippen molar-refractivity contribution in [1.29, 1.82) is 0 Å². The van der Waals surface area contributed by atoms with Crippen LogP contribution in [0, 0.1) is 0 Å². The van der Waals surface area contributed by atoms with Crippen LogP contribution in [0.2, 0.25) is 15.3 Å². The SMILES string of the molecule is Clc1ccc(Cl)c(Oc2nc(Cl)nc3c2SCC3)c1. The first-order valence-electron chi connectivity index (χ1n) is 5.45. The second kappa shape index (κ2) is 5.37. The molecule has 2 heterocycles. The summed E-state index contributed by atoms with van der Waals surface area (Å²) in [6.07, 6.45) is 0.863. The lowest BCUT2D eigenvalue weighted by atomic mass is 10.3. The van der Waals surface area contributed by atoms with Gasteiger partial charge in [-0.2, -0.15) is 4.98 Å². The second-order valence-electron chi connectivity index (χ2n) is 3.85. The van der Waals surface area contributed by atoms with E-state index in [4.69, 9.17) is 39.5 Å². The van der Waals surface area contributed by atoms with Gasteiger partial charge in [0.25, 0.3) is 0 Å². The molecular formula is C12H7Cl3N2OS. The highest BCUT2D eigenvalue weighted by molar-refractivity contribution is 7.99. The Morgan fingerprint density at radius 2 is 2.00 bits per heavy atom. The van der Waals surface area contributed by atoms with Crippen molar-refractivity contribution in [2.75, 3.05) is 5.75 Å². The lowest BCUT2D eigenvalue weighted by molar-refractivity contribution is 0.447. The first-order chi connectivity index (χ1) is 9.13. The first-order valence-corrected chi connectivity index (χ1v) is 7.57. The van der Waals surface area contributed by atoms with Gasteiger partial charge in [0.05, 0.1) is 15.6 Å². The Morgan fingerprint density at radius 3 is 2.84 bits per heavy atom. The third-order valence-corrected chi connectivity index (χ3v) is 4.39. The molecule has 0 spiro atoms. The maximum atomic E-state index is 6.07. The standard InChI is InChI=1S/C12H7Cl3N2OS/c13-6-1-2-7(14)9(5-6)18-11-10-8(3-4-19-10)16-12(15)17-11/h1-2,5H,3-4H2. The van der Waals surface area contributed by atoms with E-state index in [0.29, 0.717) is 21.7 Å². The molecule has 1 aromatic carbocycles. The van der Waals surface area contributed by atoms with Crippen LogP contribution in [-0.4, -0.2) is 15.7 Å². The van der Waals surface area contributed by atoms with Crippen molar-refractivity contribution >= 4 is 46.6 Å². The smallest absolute Gasteiger partial charge is 0.237 e. The molecule has 0 amide bonds. The van der Waals surface area contributed by atoms with Crippen LogP contribution in [-0.2, 0) is 6.42 Å². The number of fused-ring (bicyclic) bond motifs is 1. The number of nitrogens with zero attached hydrogens (tertiary/aromatic N) is 2. The molecule has 3 nitrogen and oxygen atoms in total. The van der Waals surface area contributed by atoms with E-state index in [1.54, 1.807) is 30.0 Å². The van der Waals surface area contributed by atoms with Gasteiger partial charge in [-0.05, 0) is 23.7 Å². The molecule has 0 aliphatic carbocycles. The molecule has 2 aromatic rings. The van der Waals surface area contributed by atoms with Gasteiger partial charge >= 0.3 is 0 Å². The summed E-state index contributed by atoms with van der Waals surface area (Å²) in [7, 11) is 0. The van der Waals surface area contributed by atoms with Crippen LogP contribution in [0.5, 0.6) is 11.6 Å². The van der Waals surface area contributed by atoms with E-state index < -0.39 is 0 Å². The summed E-state index contributed by atoms with van der Waals surface area (Å²) in [4.78, 5) is 9.23. The zero-order valence-electron chi connectivity index (χ0n) is 9.49. The predicted molar refractivity (Wildman–Crippen MR) is 78.0 cm³/mol. The largest absolute Gasteiger partial charge is 0.436 e. The van der Waals surface area contributed by atoms with Gasteiger partial charge in [-0.3, -0.25) is 0 Å². The number of hydrogen-bond donors (Lipinski definition) is 0. The fourth-order valence-corrected chi connectivity index (χ4v) is 3.26. The zero-order chi connectivity index (χ0) is 13.4. The number of hydrogen-bond acceptors (Lipinski definition) is 4. The van der Waals surface area contributed by atoms with Crippen LogP contribution in [0.15, 0.2) is 23.1 Å². The van der Waals surface area contributed by atoms with Crippen LogP contribution >= 0.6 is 46.6 Å². The third kappa shape index (κ3) is 2.77. The van der Waals surface area contributed by atoms with Gasteiger partial charge in [0.2, 0.25) is 11.2 Å². The Hall–Kier alpha value is -0.680. The van der Waals surface area contributed by atoms with E-state index >= 15 is 0 Å². The molecule has 0 atom stereocenters. The molecule has 1 aliphatic heterocycles. The normalized spacial score (nSPS) is 13.4. The third-order valence-electron chi connectivity index (χ3n) is 2.56. The lowest BCUT2D eigenvalue weighted by Crippen LogP contribution is -1.96. The highest BCUT2D eigenvalue weighted by Crippen LogP contribution is 2.40. The average molecular weight is 334 g/mol. The van der Waals surface area contributed by atoms with E-state index in [9.17, 15) is 0 Å². The Morgan fingerprint density at radius 1 is 1.16 bits per heavy atom. The molecule has 0 saturated carbocycles. The minimum atomic E-state index is 0.175. The van der Waals surface area contributed by atoms with Crippen molar-refractivity contribution in [3.8, 4) is 11.6 Å². The minimum absolute atomic E-state index is 0.175. The first kappa shape index (κ1) is 13.3. The second-order valence-corrected chi connectivity index (χ2v) is 6.14. The molecule has 98 valence electrons. The Labute approximate surface area is 129 Å². The summed E-state index contributed by atoms with van der Waals surface area (Å²) >= 11 is 19.5. The fourth-order valence-electron chi connectivity index (χ4n) is 1.74. The summed E-state index contributed by atoms with van der Waals surface area (Å²) in [5.74, 6) is 1.84. The van der Waals surface area contributed by atoms with E-state index in [2.05, 4.69) is 9.97 Å².